The zero-order chi connectivity index (χ0) is 47.2. The Kier molecular flexibility index (Phi) is 14.7. The second kappa shape index (κ2) is 19.8. The molecule has 0 amide bonds. The second-order valence-corrected chi connectivity index (χ2v) is 23.8. The molecule has 12 rings (SSSR count). The molecule has 5 aliphatic rings. The van der Waals surface area contributed by atoms with Gasteiger partial charge in [0, 0.05) is 0 Å². The van der Waals surface area contributed by atoms with E-state index in [1.807, 2.05) is 0 Å². The zero-order valence-electron chi connectivity index (χ0n) is 43.1. The number of fused-ring (bicyclic) bond motifs is 10. The van der Waals surface area contributed by atoms with Crippen LogP contribution in [-0.4, -0.2) is 9.52 Å². The maximum Gasteiger partial charge on any atom is 3.00 e. The molecule has 3 atom stereocenters. The van der Waals surface area contributed by atoms with Crippen molar-refractivity contribution in [2.45, 2.75) is 100 Å². The van der Waals surface area contributed by atoms with Crippen molar-refractivity contribution in [3.63, 3.8) is 0 Å². The predicted octanol–water partition coefficient (Wildman–Crippen LogP) is 10.6. The molecule has 1 fully saturated rings. The summed E-state index contributed by atoms with van der Waals surface area (Å²) in [6.45, 7) is 23.6. The average Bonchev–Trinajstić information content (AvgIpc) is 3.91. The van der Waals surface area contributed by atoms with Gasteiger partial charge in [0.25, 0.3) is 0 Å². The van der Waals surface area contributed by atoms with E-state index in [1.54, 1.807) is 33.8 Å². The van der Waals surface area contributed by atoms with Crippen LogP contribution in [0.2, 0.25) is 0 Å². The van der Waals surface area contributed by atoms with Gasteiger partial charge in [0.1, 0.15) is 9.52 Å². The molecule has 3 radical (unpaired) electrons. The molecule has 7 aromatic carbocycles. The van der Waals surface area contributed by atoms with Crippen molar-refractivity contribution < 1.29 is 51.0 Å². The molecule has 0 saturated heterocycles. The van der Waals surface area contributed by atoms with Gasteiger partial charge in [-0.1, -0.05) is 283 Å². The average molecular weight is 1060 g/mol. The van der Waals surface area contributed by atoms with Gasteiger partial charge in [-0.05, 0) is 102 Å². The molecule has 0 heterocycles. The minimum atomic E-state index is -0.0820. The monoisotopic (exact) mass is 1060 g/mol. The molecule has 0 bridgehead atoms. The first-order valence-electron chi connectivity index (χ1n) is 25.5. The van der Waals surface area contributed by atoms with E-state index in [0.717, 1.165) is 35.2 Å². The Morgan fingerprint density at radius 1 is 0.606 bits per heavy atom. The third kappa shape index (κ3) is 7.86. The van der Waals surface area contributed by atoms with Crippen molar-refractivity contribution in [1.82, 2.24) is 0 Å². The van der Waals surface area contributed by atoms with Crippen LogP contribution in [0.5, 0.6) is 0 Å². The molecule has 71 heavy (non-hydrogen) atoms. The van der Waals surface area contributed by atoms with Crippen LogP contribution in [0, 0.1) is 33.0 Å². The second-order valence-electron chi connectivity index (χ2n) is 22.4. The molecule has 5 aliphatic carbocycles. The summed E-state index contributed by atoms with van der Waals surface area (Å²) in [6, 6.07) is 58.3. The van der Waals surface area contributed by atoms with E-state index >= 15 is 0 Å². The molecule has 0 N–H and O–H groups in total. The van der Waals surface area contributed by atoms with Crippen LogP contribution in [-0.2, 0) is 32.6 Å². The summed E-state index contributed by atoms with van der Waals surface area (Å²) in [5.74, 6) is 1.94. The Labute approximate surface area is 459 Å². The molecular weight excluding hydrogens is 995 g/mol. The molecule has 357 valence electrons. The van der Waals surface area contributed by atoms with Gasteiger partial charge in [0.2, 0.25) is 0 Å². The minimum Gasteiger partial charge on any atom is -1.00 e. The summed E-state index contributed by atoms with van der Waals surface area (Å²) in [5, 5.41) is 8.11. The topological polar surface area (TPSA) is 0 Å². The minimum absolute atomic E-state index is 0. The maximum absolute atomic E-state index is 2.72. The van der Waals surface area contributed by atoms with Crippen molar-refractivity contribution in [3.8, 4) is 11.1 Å². The first-order valence-corrected chi connectivity index (χ1v) is 26.5. The normalized spacial score (nSPS) is 22.6. The van der Waals surface area contributed by atoms with Gasteiger partial charge in [-0.3, -0.25) is 0 Å². The summed E-state index contributed by atoms with van der Waals surface area (Å²) in [7, 11) is 0.777. The standard InChI is InChI=1S/C55H57.C12H10Si.2ClH.Zr/c1-10-20-36-33-44-41(43-31-34-21-11-13-23-37(34)39-25-15-16-26-40(39)43)27-19-28-42(44)47(36)50-49-45-32-35-22-12-14-24-38(35)48(45)46-29-17-18-30-54(46,8)55(49,9)53(6,7)52(4,5)51(50,2)3;1-3-7-11(8-4-1)13-12-9-5-2-6-10-12;;;/h11-17,19,21-29,31,33,47H,10,18,20,30,32H2,1-9H3;1-10H;2*1H;/q-1;;;;+3/p-2. The molecular formula is C67H67Cl2SiZr. The van der Waals surface area contributed by atoms with Gasteiger partial charge in [-0.25, -0.2) is 0 Å². The first-order chi connectivity index (χ1) is 32.7. The number of benzene rings is 7. The van der Waals surface area contributed by atoms with Gasteiger partial charge >= 0.3 is 26.2 Å². The molecule has 0 aromatic heterocycles. The van der Waals surface area contributed by atoms with Gasteiger partial charge in [0.15, 0.2) is 0 Å². The van der Waals surface area contributed by atoms with E-state index < -0.39 is 0 Å². The van der Waals surface area contributed by atoms with Gasteiger partial charge in [-0.15, -0.1) is 0 Å². The van der Waals surface area contributed by atoms with E-state index in [1.165, 1.54) is 71.7 Å². The molecule has 4 heteroatoms. The molecule has 0 spiro atoms. The van der Waals surface area contributed by atoms with Crippen LogP contribution in [0.1, 0.15) is 116 Å². The zero-order valence-corrected chi connectivity index (χ0v) is 48.1. The Balaban J connectivity index is 0.000000368. The van der Waals surface area contributed by atoms with Crippen LogP contribution in [0.4, 0.5) is 0 Å². The molecule has 0 nitrogen and oxygen atoms in total. The smallest absolute Gasteiger partial charge is 1.00 e. The Bertz CT molecular complexity index is 3220. The van der Waals surface area contributed by atoms with Crippen LogP contribution >= 0.6 is 0 Å². The molecule has 0 aliphatic heterocycles. The fraction of sp³-hybridized carbons (Fsp3) is 0.299. The Morgan fingerprint density at radius 3 is 1.87 bits per heavy atom. The van der Waals surface area contributed by atoms with Crippen LogP contribution in [0.25, 0.3) is 44.3 Å². The van der Waals surface area contributed by atoms with Crippen molar-refractivity contribution in [1.29, 1.82) is 0 Å². The van der Waals surface area contributed by atoms with Crippen LogP contribution in [0.15, 0.2) is 192 Å². The number of allylic oxidation sites excluding steroid dienone is 7. The largest absolute Gasteiger partial charge is 3.00 e. The van der Waals surface area contributed by atoms with Crippen molar-refractivity contribution >= 4 is 53.1 Å². The summed E-state index contributed by atoms with van der Waals surface area (Å²) in [4.78, 5) is 0. The first kappa shape index (κ1) is 52.9. The fourth-order valence-electron chi connectivity index (χ4n) is 14.3. The summed E-state index contributed by atoms with van der Waals surface area (Å²) in [5.41, 5.74) is 16.5. The van der Waals surface area contributed by atoms with Crippen molar-refractivity contribution in [2.75, 3.05) is 0 Å². The van der Waals surface area contributed by atoms with Crippen molar-refractivity contribution in [2.24, 2.45) is 27.1 Å². The number of hydrogen-bond donors (Lipinski definition) is 0. The molecule has 1 saturated carbocycles. The fourth-order valence-corrected chi connectivity index (χ4v) is 15.3. The number of rotatable bonds is 6. The molecule has 3 unspecified atom stereocenters. The van der Waals surface area contributed by atoms with Crippen molar-refractivity contribution in [3.05, 3.63) is 220 Å². The van der Waals surface area contributed by atoms with E-state index in [-0.39, 0.29) is 84.0 Å². The number of halogens is 2. The van der Waals surface area contributed by atoms with Crippen LogP contribution < -0.4 is 35.2 Å². The Morgan fingerprint density at radius 2 is 1.20 bits per heavy atom. The SMILES string of the molecule is CCCC1=Cc2c(-c3cc4ccccc4c4ccccc34)cccc2C1[C-]1C2=C3Cc4ccccc4C3=C3C=CCCC3(C)C2(C)C(C)(C)C(C)(C)C1(C)C.[Cl-].[Cl-].[Zr+3].c1ccc([Si]c2ccccc2)cc1. The number of hydrogen-bond acceptors (Lipinski definition) is 0. The summed E-state index contributed by atoms with van der Waals surface area (Å²) in [6.07, 6.45) is 13.3. The Hall–Kier alpha value is -4.43. The van der Waals surface area contributed by atoms with Gasteiger partial charge < -0.3 is 24.8 Å². The van der Waals surface area contributed by atoms with E-state index in [4.69, 9.17) is 0 Å². The summed E-state index contributed by atoms with van der Waals surface area (Å²) < 4.78 is 0. The van der Waals surface area contributed by atoms with Crippen LogP contribution in [0.3, 0.4) is 0 Å². The predicted molar refractivity (Wildman–Crippen MR) is 294 cm³/mol. The van der Waals surface area contributed by atoms with Gasteiger partial charge in [-0.2, -0.15) is 17.1 Å². The van der Waals surface area contributed by atoms with E-state index in [9.17, 15) is 0 Å². The third-order valence-corrected chi connectivity index (χ3v) is 20.3. The third-order valence-electron chi connectivity index (χ3n) is 19.0. The van der Waals surface area contributed by atoms with E-state index in [2.05, 4.69) is 238 Å². The van der Waals surface area contributed by atoms with E-state index in [0.29, 0.717) is 0 Å². The molecule has 7 aromatic rings. The maximum atomic E-state index is 2.72. The quantitative estimate of drug-likeness (QED) is 0.0885. The van der Waals surface area contributed by atoms with Gasteiger partial charge in [0.05, 0.1) is 0 Å². The summed E-state index contributed by atoms with van der Waals surface area (Å²) >= 11 is 0.